The van der Waals surface area contributed by atoms with Crippen molar-refractivity contribution in [3.63, 3.8) is 0 Å². The minimum atomic E-state index is 0.278. The maximum Gasteiger partial charge on any atom is 0.218 e. The minimum absolute atomic E-state index is 0.278. The highest BCUT2D eigenvalue weighted by molar-refractivity contribution is 5.44. The smallest absolute Gasteiger partial charge is 0.218 e. The van der Waals surface area contributed by atoms with Gasteiger partial charge in [-0.2, -0.15) is 0 Å². The molecule has 14 heavy (non-hydrogen) atoms. The van der Waals surface area contributed by atoms with Gasteiger partial charge in [-0.15, -0.1) is 0 Å². The molecule has 0 aromatic carbocycles. The predicted octanol–water partition coefficient (Wildman–Crippen LogP) is 0.0226. The molecule has 1 aliphatic heterocycles. The average molecular weight is 194 g/mol. The van der Waals surface area contributed by atoms with Gasteiger partial charge < -0.3 is 15.4 Å². The van der Waals surface area contributed by atoms with E-state index in [4.69, 9.17) is 10.5 Å². The van der Waals surface area contributed by atoms with Gasteiger partial charge in [0, 0.05) is 25.2 Å². The summed E-state index contributed by atoms with van der Waals surface area (Å²) < 4.78 is 5.28. The molecule has 1 saturated heterocycles. The van der Waals surface area contributed by atoms with Crippen LogP contribution in [0.3, 0.4) is 0 Å². The van der Waals surface area contributed by atoms with Crippen LogP contribution < -0.4 is 15.4 Å². The highest BCUT2D eigenvalue weighted by Crippen LogP contribution is 2.19. The van der Waals surface area contributed by atoms with Gasteiger partial charge in [0.1, 0.15) is 12.1 Å². The van der Waals surface area contributed by atoms with Crippen molar-refractivity contribution in [3.05, 3.63) is 12.4 Å². The Hall–Kier alpha value is -1.36. The summed E-state index contributed by atoms with van der Waals surface area (Å²) in [5.41, 5.74) is 5.69. The van der Waals surface area contributed by atoms with Crippen LogP contribution in [-0.2, 0) is 0 Å². The third kappa shape index (κ3) is 1.77. The fraction of sp³-hybridized carbons (Fsp3) is 0.556. The van der Waals surface area contributed by atoms with Gasteiger partial charge in [0.25, 0.3) is 0 Å². The van der Waals surface area contributed by atoms with Gasteiger partial charge in [0.05, 0.1) is 6.61 Å². The zero-order valence-electron chi connectivity index (χ0n) is 8.18. The van der Waals surface area contributed by atoms with E-state index in [9.17, 15) is 0 Å². The first-order valence-electron chi connectivity index (χ1n) is 4.75. The van der Waals surface area contributed by atoms with Gasteiger partial charge in [0.15, 0.2) is 0 Å². The molecule has 2 heterocycles. The second-order valence-corrected chi connectivity index (χ2v) is 3.31. The molecule has 0 atom stereocenters. The fourth-order valence-electron chi connectivity index (χ4n) is 1.43. The highest BCUT2D eigenvalue weighted by atomic mass is 16.5. The van der Waals surface area contributed by atoms with Crippen LogP contribution in [-0.4, -0.2) is 35.7 Å². The van der Waals surface area contributed by atoms with Gasteiger partial charge in [-0.05, 0) is 6.92 Å². The Kier molecular flexibility index (Phi) is 2.49. The summed E-state index contributed by atoms with van der Waals surface area (Å²) >= 11 is 0. The van der Waals surface area contributed by atoms with E-state index < -0.39 is 0 Å². The van der Waals surface area contributed by atoms with E-state index in [1.54, 1.807) is 0 Å². The normalized spacial score (nSPS) is 16.6. The summed E-state index contributed by atoms with van der Waals surface area (Å²) in [5.74, 6) is 1.52. The van der Waals surface area contributed by atoms with Gasteiger partial charge in [-0.25, -0.2) is 9.97 Å². The van der Waals surface area contributed by atoms with Crippen molar-refractivity contribution in [3.8, 4) is 5.88 Å². The topological polar surface area (TPSA) is 64.3 Å². The Bertz CT molecular complexity index is 311. The number of nitrogens with two attached hydrogens (primary N) is 1. The van der Waals surface area contributed by atoms with Crippen molar-refractivity contribution in [2.24, 2.45) is 5.73 Å². The number of rotatable bonds is 3. The number of aromatic nitrogens is 2. The maximum atomic E-state index is 5.69. The second kappa shape index (κ2) is 3.79. The standard InChI is InChI=1S/C9H14N4O/c1-2-14-9-3-8(11-6-12-9)13-4-7(10)5-13/h3,6-7H,2,4-5,10H2,1H3. The number of anilines is 1. The van der Waals surface area contributed by atoms with Crippen LogP contribution in [0, 0.1) is 0 Å². The average Bonchev–Trinajstić information content (AvgIpc) is 2.14. The molecule has 5 nitrogen and oxygen atoms in total. The summed E-state index contributed by atoms with van der Waals surface area (Å²) in [7, 11) is 0. The highest BCUT2D eigenvalue weighted by Gasteiger charge is 2.24. The Labute approximate surface area is 82.9 Å². The quantitative estimate of drug-likeness (QED) is 0.735. The van der Waals surface area contributed by atoms with Crippen molar-refractivity contribution in [1.82, 2.24) is 9.97 Å². The first-order chi connectivity index (χ1) is 6.79. The van der Waals surface area contributed by atoms with Crippen molar-refractivity contribution < 1.29 is 4.74 Å². The number of nitrogens with zero attached hydrogens (tertiary/aromatic N) is 3. The molecule has 0 radical (unpaired) electrons. The Morgan fingerprint density at radius 3 is 3.00 bits per heavy atom. The molecule has 0 aliphatic carbocycles. The molecule has 2 rings (SSSR count). The summed E-state index contributed by atoms with van der Waals surface area (Å²) in [6, 6.07) is 2.12. The maximum absolute atomic E-state index is 5.69. The monoisotopic (exact) mass is 194 g/mol. The van der Waals surface area contributed by atoms with Crippen molar-refractivity contribution in [1.29, 1.82) is 0 Å². The van der Waals surface area contributed by atoms with Crippen molar-refractivity contribution >= 4 is 5.82 Å². The summed E-state index contributed by atoms with van der Waals surface area (Å²) in [4.78, 5) is 10.3. The van der Waals surface area contributed by atoms with Gasteiger partial charge in [0.2, 0.25) is 5.88 Å². The second-order valence-electron chi connectivity index (χ2n) is 3.31. The molecule has 0 spiro atoms. The fourth-order valence-corrected chi connectivity index (χ4v) is 1.43. The molecule has 0 amide bonds. The van der Waals surface area contributed by atoms with Crippen LogP contribution in [0.15, 0.2) is 12.4 Å². The van der Waals surface area contributed by atoms with E-state index in [2.05, 4.69) is 14.9 Å². The molecule has 76 valence electrons. The van der Waals surface area contributed by atoms with E-state index in [0.717, 1.165) is 18.9 Å². The first kappa shape index (κ1) is 9.21. The third-order valence-electron chi connectivity index (χ3n) is 2.15. The number of ether oxygens (including phenoxy) is 1. The molecule has 5 heteroatoms. The van der Waals surface area contributed by atoms with E-state index in [1.165, 1.54) is 6.33 Å². The molecule has 1 fully saturated rings. The SMILES string of the molecule is CCOc1cc(N2CC(N)C2)ncn1. The van der Waals surface area contributed by atoms with Gasteiger partial charge in [-0.1, -0.05) is 0 Å². The summed E-state index contributed by atoms with van der Waals surface area (Å²) in [5, 5.41) is 0. The van der Waals surface area contributed by atoms with E-state index in [0.29, 0.717) is 12.5 Å². The molecule has 2 N–H and O–H groups in total. The lowest BCUT2D eigenvalue weighted by atomic mass is 10.1. The molecule has 0 unspecified atom stereocenters. The zero-order chi connectivity index (χ0) is 9.97. The molecular weight excluding hydrogens is 180 g/mol. The largest absolute Gasteiger partial charge is 0.478 e. The molecule has 0 saturated carbocycles. The van der Waals surface area contributed by atoms with Crippen molar-refractivity contribution in [2.45, 2.75) is 13.0 Å². The van der Waals surface area contributed by atoms with Crippen LogP contribution in [0.5, 0.6) is 5.88 Å². The van der Waals surface area contributed by atoms with Crippen LogP contribution in [0.2, 0.25) is 0 Å². The van der Waals surface area contributed by atoms with Crippen LogP contribution in [0.4, 0.5) is 5.82 Å². The lowest BCUT2D eigenvalue weighted by Crippen LogP contribution is -2.56. The van der Waals surface area contributed by atoms with E-state index >= 15 is 0 Å². The Balaban J connectivity index is 2.06. The number of hydrogen-bond acceptors (Lipinski definition) is 5. The molecular formula is C9H14N4O. The molecule has 1 aromatic rings. The number of hydrogen-bond donors (Lipinski definition) is 1. The van der Waals surface area contributed by atoms with Gasteiger partial charge in [-0.3, -0.25) is 0 Å². The van der Waals surface area contributed by atoms with Crippen LogP contribution >= 0.6 is 0 Å². The molecule has 1 aliphatic rings. The Morgan fingerprint density at radius 2 is 2.36 bits per heavy atom. The zero-order valence-corrected chi connectivity index (χ0v) is 8.18. The lowest BCUT2D eigenvalue weighted by Gasteiger charge is -2.37. The minimum Gasteiger partial charge on any atom is -0.478 e. The molecule has 1 aromatic heterocycles. The summed E-state index contributed by atoms with van der Waals surface area (Å²) in [6.45, 7) is 4.28. The predicted molar refractivity (Wildman–Crippen MR) is 53.4 cm³/mol. The lowest BCUT2D eigenvalue weighted by molar-refractivity contribution is 0.326. The van der Waals surface area contributed by atoms with Crippen LogP contribution in [0.1, 0.15) is 6.92 Å². The van der Waals surface area contributed by atoms with Crippen molar-refractivity contribution in [2.75, 3.05) is 24.6 Å². The Morgan fingerprint density at radius 1 is 1.57 bits per heavy atom. The van der Waals surface area contributed by atoms with Crippen LogP contribution in [0.25, 0.3) is 0 Å². The first-order valence-corrected chi connectivity index (χ1v) is 4.75. The molecule has 0 bridgehead atoms. The third-order valence-corrected chi connectivity index (χ3v) is 2.15. The summed E-state index contributed by atoms with van der Waals surface area (Å²) in [6.07, 6.45) is 1.52. The van der Waals surface area contributed by atoms with E-state index in [1.807, 2.05) is 13.0 Å². The van der Waals surface area contributed by atoms with Gasteiger partial charge >= 0.3 is 0 Å². The van der Waals surface area contributed by atoms with E-state index in [-0.39, 0.29) is 6.04 Å².